The molecule has 2 saturated heterocycles. The van der Waals surface area contributed by atoms with Crippen molar-refractivity contribution in [2.24, 2.45) is 11.8 Å². The minimum Gasteiger partial charge on any atom is -0.353 e. The molecule has 140 valence electrons. The molecule has 2 aliphatic heterocycles. The lowest BCUT2D eigenvalue weighted by atomic mass is 9.96. The Morgan fingerprint density at radius 2 is 2.00 bits per heavy atom. The average Bonchev–Trinajstić information content (AvgIpc) is 3.15. The zero-order valence-electron chi connectivity index (χ0n) is 14.7. The van der Waals surface area contributed by atoms with E-state index in [1.165, 1.54) is 11.3 Å². The van der Waals surface area contributed by atoms with Crippen LogP contribution in [-0.4, -0.2) is 64.7 Å². The molecule has 1 N–H and O–H groups in total. The van der Waals surface area contributed by atoms with Gasteiger partial charge in [0, 0.05) is 44.0 Å². The van der Waals surface area contributed by atoms with Crippen LogP contribution < -0.4 is 5.32 Å². The summed E-state index contributed by atoms with van der Waals surface area (Å²) in [7, 11) is 0. The highest BCUT2D eigenvalue weighted by Gasteiger charge is 2.37. The summed E-state index contributed by atoms with van der Waals surface area (Å²) < 4.78 is 0. The standard InChI is InChI=1S/C18H24N4O3S/c23-16-7-13(17(24)20-14-1-2-14)9-22(16)8-12-3-5-21(6-4-12)18(25)15-10-26-11-19-15/h10-14H,1-9H2,(H,20,24). The number of nitrogens with zero attached hydrogens (tertiary/aromatic N) is 3. The van der Waals surface area contributed by atoms with Gasteiger partial charge in [-0.1, -0.05) is 0 Å². The first-order valence-electron chi connectivity index (χ1n) is 9.36. The smallest absolute Gasteiger partial charge is 0.273 e. The highest BCUT2D eigenvalue weighted by atomic mass is 32.1. The van der Waals surface area contributed by atoms with Gasteiger partial charge >= 0.3 is 0 Å². The number of thiazole rings is 1. The second kappa shape index (κ2) is 7.34. The minimum atomic E-state index is -0.200. The van der Waals surface area contributed by atoms with Gasteiger partial charge in [-0.2, -0.15) is 0 Å². The fourth-order valence-electron chi connectivity index (χ4n) is 3.78. The predicted molar refractivity (Wildman–Crippen MR) is 96.6 cm³/mol. The third kappa shape index (κ3) is 3.90. The fraction of sp³-hybridized carbons (Fsp3) is 0.667. The van der Waals surface area contributed by atoms with E-state index < -0.39 is 0 Å². The van der Waals surface area contributed by atoms with Crippen molar-refractivity contribution in [1.29, 1.82) is 0 Å². The van der Waals surface area contributed by atoms with E-state index in [4.69, 9.17) is 0 Å². The van der Waals surface area contributed by atoms with E-state index in [0.717, 1.165) is 25.7 Å². The average molecular weight is 376 g/mol. The van der Waals surface area contributed by atoms with Crippen LogP contribution in [0.15, 0.2) is 10.9 Å². The Morgan fingerprint density at radius 3 is 2.65 bits per heavy atom. The summed E-state index contributed by atoms with van der Waals surface area (Å²) in [6.07, 6.45) is 4.24. The van der Waals surface area contributed by atoms with E-state index in [1.54, 1.807) is 10.9 Å². The lowest BCUT2D eigenvalue weighted by Gasteiger charge is -2.33. The van der Waals surface area contributed by atoms with Crippen LogP contribution in [0.1, 0.15) is 42.6 Å². The van der Waals surface area contributed by atoms with Gasteiger partial charge in [-0.05, 0) is 31.6 Å². The first kappa shape index (κ1) is 17.5. The summed E-state index contributed by atoms with van der Waals surface area (Å²) in [5.41, 5.74) is 2.20. The van der Waals surface area contributed by atoms with Crippen molar-refractivity contribution < 1.29 is 14.4 Å². The lowest BCUT2D eigenvalue weighted by molar-refractivity contribution is -0.129. The van der Waals surface area contributed by atoms with E-state index in [-0.39, 0.29) is 23.6 Å². The van der Waals surface area contributed by atoms with E-state index in [0.29, 0.717) is 50.3 Å². The minimum absolute atomic E-state index is 0.00115. The monoisotopic (exact) mass is 376 g/mol. The highest BCUT2D eigenvalue weighted by molar-refractivity contribution is 7.07. The van der Waals surface area contributed by atoms with E-state index >= 15 is 0 Å². The predicted octanol–water partition coefficient (Wildman–Crippen LogP) is 1.12. The van der Waals surface area contributed by atoms with Gasteiger partial charge in [0.2, 0.25) is 11.8 Å². The Morgan fingerprint density at radius 1 is 1.23 bits per heavy atom. The number of carbonyl (C=O) groups excluding carboxylic acids is 3. The van der Waals surface area contributed by atoms with E-state index in [1.807, 2.05) is 9.80 Å². The normalized spacial score (nSPS) is 24.2. The summed E-state index contributed by atoms with van der Waals surface area (Å²) >= 11 is 1.43. The Hall–Kier alpha value is -1.96. The van der Waals surface area contributed by atoms with E-state index in [9.17, 15) is 14.4 Å². The molecule has 0 aromatic carbocycles. The van der Waals surface area contributed by atoms with Crippen LogP contribution >= 0.6 is 11.3 Å². The van der Waals surface area contributed by atoms with Crippen molar-refractivity contribution in [1.82, 2.24) is 20.1 Å². The van der Waals surface area contributed by atoms with Crippen LogP contribution in [0.5, 0.6) is 0 Å². The van der Waals surface area contributed by atoms with Gasteiger partial charge in [0.1, 0.15) is 5.69 Å². The quantitative estimate of drug-likeness (QED) is 0.835. The van der Waals surface area contributed by atoms with Crippen molar-refractivity contribution in [2.45, 2.75) is 38.1 Å². The molecule has 3 fully saturated rings. The maximum absolute atomic E-state index is 12.3. The number of hydrogen-bond donors (Lipinski definition) is 1. The number of nitrogens with one attached hydrogen (secondary N) is 1. The summed E-state index contributed by atoms with van der Waals surface area (Å²) in [6.45, 7) is 2.64. The van der Waals surface area contributed by atoms with Gasteiger partial charge in [-0.3, -0.25) is 14.4 Å². The largest absolute Gasteiger partial charge is 0.353 e. The molecule has 3 aliphatic rings. The van der Waals surface area contributed by atoms with Gasteiger partial charge in [0.25, 0.3) is 5.91 Å². The Labute approximate surface area is 156 Å². The number of piperidine rings is 1. The zero-order chi connectivity index (χ0) is 18.1. The number of likely N-dealkylation sites (tertiary alicyclic amines) is 2. The van der Waals surface area contributed by atoms with Crippen molar-refractivity contribution >= 4 is 29.1 Å². The van der Waals surface area contributed by atoms with Crippen LogP contribution in [0, 0.1) is 11.8 Å². The Balaban J connectivity index is 1.24. The molecule has 1 atom stereocenters. The molecule has 7 nitrogen and oxygen atoms in total. The van der Waals surface area contributed by atoms with Gasteiger partial charge in [-0.15, -0.1) is 11.3 Å². The number of amides is 3. The van der Waals surface area contributed by atoms with Crippen LogP contribution in [0.3, 0.4) is 0 Å². The molecular formula is C18H24N4O3S. The molecule has 0 spiro atoms. The Bertz CT molecular complexity index is 681. The summed E-state index contributed by atoms with van der Waals surface area (Å²) in [5, 5.41) is 4.79. The van der Waals surface area contributed by atoms with Crippen LogP contribution in [-0.2, 0) is 9.59 Å². The van der Waals surface area contributed by atoms with Crippen molar-refractivity contribution in [3.05, 3.63) is 16.6 Å². The third-order valence-electron chi connectivity index (χ3n) is 5.54. The van der Waals surface area contributed by atoms with Gasteiger partial charge < -0.3 is 15.1 Å². The highest BCUT2D eigenvalue weighted by Crippen LogP contribution is 2.26. The molecule has 1 saturated carbocycles. The summed E-state index contributed by atoms with van der Waals surface area (Å²) in [6, 6.07) is 0.339. The molecule has 1 unspecified atom stereocenters. The van der Waals surface area contributed by atoms with Crippen molar-refractivity contribution in [2.75, 3.05) is 26.2 Å². The molecule has 0 bridgehead atoms. The molecular weight excluding hydrogens is 352 g/mol. The zero-order valence-corrected chi connectivity index (χ0v) is 15.5. The topological polar surface area (TPSA) is 82.6 Å². The first-order valence-corrected chi connectivity index (χ1v) is 10.3. The second-order valence-corrected chi connectivity index (χ2v) is 8.31. The number of rotatable bonds is 5. The van der Waals surface area contributed by atoms with Crippen molar-refractivity contribution in [3.8, 4) is 0 Å². The molecule has 0 radical (unpaired) electrons. The molecule has 1 aromatic heterocycles. The number of hydrogen-bond acceptors (Lipinski definition) is 5. The molecule has 3 amide bonds. The molecule has 1 aromatic rings. The molecule has 8 heteroatoms. The van der Waals surface area contributed by atoms with Crippen molar-refractivity contribution in [3.63, 3.8) is 0 Å². The molecule has 4 rings (SSSR count). The molecule has 3 heterocycles. The Kier molecular flexibility index (Phi) is 4.93. The first-order chi connectivity index (χ1) is 12.6. The van der Waals surface area contributed by atoms with Crippen LogP contribution in [0.2, 0.25) is 0 Å². The maximum atomic E-state index is 12.3. The number of carbonyl (C=O) groups is 3. The second-order valence-electron chi connectivity index (χ2n) is 7.59. The van der Waals surface area contributed by atoms with Crippen LogP contribution in [0.4, 0.5) is 0 Å². The third-order valence-corrected chi connectivity index (χ3v) is 6.13. The van der Waals surface area contributed by atoms with Crippen LogP contribution in [0.25, 0.3) is 0 Å². The molecule has 26 heavy (non-hydrogen) atoms. The maximum Gasteiger partial charge on any atom is 0.273 e. The van der Waals surface area contributed by atoms with Gasteiger partial charge in [0.15, 0.2) is 0 Å². The lowest BCUT2D eigenvalue weighted by Crippen LogP contribution is -2.42. The summed E-state index contributed by atoms with van der Waals surface area (Å²) in [4.78, 5) is 44.6. The van der Waals surface area contributed by atoms with E-state index in [2.05, 4.69) is 10.3 Å². The van der Waals surface area contributed by atoms with Gasteiger partial charge in [-0.25, -0.2) is 4.98 Å². The fourth-order valence-corrected chi connectivity index (χ4v) is 4.31. The number of aromatic nitrogens is 1. The molecule has 1 aliphatic carbocycles. The van der Waals surface area contributed by atoms with Gasteiger partial charge in [0.05, 0.1) is 11.4 Å². The summed E-state index contributed by atoms with van der Waals surface area (Å²) in [5.74, 6) is 0.311. The SMILES string of the molecule is O=C(NC1CC1)C1CC(=O)N(CC2CCN(C(=O)c3cscn3)CC2)C1.